The molecule has 0 N–H and O–H groups in total. The SMILES string of the molecule is Cc1nn(C)c(CN(CC(C)C)C2CCCC2)c1Br. The zero-order valence-electron chi connectivity index (χ0n) is 12.6. The molecule has 0 aliphatic heterocycles. The Bertz CT molecular complexity index is 419. The zero-order valence-corrected chi connectivity index (χ0v) is 14.2. The van der Waals surface area contributed by atoms with Crippen LogP contribution in [0.5, 0.6) is 0 Å². The van der Waals surface area contributed by atoms with E-state index in [2.05, 4.69) is 53.7 Å². The van der Waals surface area contributed by atoms with Gasteiger partial charge in [0.1, 0.15) is 0 Å². The van der Waals surface area contributed by atoms with Crippen molar-refractivity contribution in [2.24, 2.45) is 13.0 Å². The van der Waals surface area contributed by atoms with E-state index in [4.69, 9.17) is 0 Å². The standard InChI is InChI=1S/C15H26BrN3/c1-11(2)9-19(13-7-5-6-8-13)10-14-15(16)12(3)17-18(14)4/h11,13H,5-10H2,1-4H3. The maximum absolute atomic E-state index is 4.51. The molecule has 1 aromatic heterocycles. The summed E-state index contributed by atoms with van der Waals surface area (Å²) in [4.78, 5) is 2.67. The Kier molecular flexibility index (Phi) is 5.07. The number of hydrogen-bond acceptors (Lipinski definition) is 2. The summed E-state index contributed by atoms with van der Waals surface area (Å²) < 4.78 is 3.21. The highest BCUT2D eigenvalue weighted by atomic mass is 79.9. The summed E-state index contributed by atoms with van der Waals surface area (Å²) in [6.07, 6.45) is 5.51. The number of nitrogens with zero attached hydrogens (tertiary/aromatic N) is 3. The molecule has 0 bridgehead atoms. The van der Waals surface area contributed by atoms with Gasteiger partial charge in [-0.3, -0.25) is 9.58 Å². The number of rotatable bonds is 5. The Labute approximate surface area is 125 Å². The second kappa shape index (κ2) is 6.40. The number of halogens is 1. The largest absolute Gasteiger partial charge is 0.294 e. The Morgan fingerprint density at radius 1 is 1.37 bits per heavy atom. The molecule has 2 rings (SSSR count). The molecule has 0 radical (unpaired) electrons. The molecular formula is C15H26BrN3. The molecule has 0 saturated heterocycles. The molecular weight excluding hydrogens is 302 g/mol. The predicted octanol–water partition coefficient (Wildman–Crippen LogP) is 3.89. The van der Waals surface area contributed by atoms with Crippen molar-refractivity contribution in [1.82, 2.24) is 14.7 Å². The van der Waals surface area contributed by atoms with Crippen molar-refractivity contribution in [2.75, 3.05) is 6.54 Å². The molecule has 0 unspecified atom stereocenters. The predicted molar refractivity (Wildman–Crippen MR) is 83.1 cm³/mol. The molecule has 3 nitrogen and oxygen atoms in total. The van der Waals surface area contributed by atoms with Gasteiger partial charge in [0.2, 0.25) is 0 Å². The first-order valence-corrected chi connectivity index (χ1v) is 8.20. The third-order valence-electron chi connectivity index (χ3n) is 4.06. The maximum Gasteiger partial charge on any atom is 0.0739 e. The van der Waals surface area contributed by atoms with Crippen LogP contribution in [-0.2, 0) is 13.6 Å². The average Bonchev–Trinajstić information content (AvgIpc) is 2.92. The second-order valence-electron chi connectivity index (χ2n) is 6.23. The highest BCUT2D eigenvalue weighted by molar-refractivity contribution is 9.10. The summed E-state index contributed by atoms with van der Waals surface area (Å²) in [5.74, 6) is 0.716. The van der Waals surface area contributed by atoms with Crippen LogP contribution < -0.4 is 0 Å². The Balaban J connectivity index is 2.14. The molecule has 1 aliphatic carbocycles. The topological polar surface area (TPSA) is 21.1 Å². The molecule has 1 fully saturated rings. The summed E-state index contributed by atoms with van der Waals surface area (Å²) in [7, 11) is 2.05. The van der Waals surface area contributed by atoms with Crippen molar-refractivity contribution in [1.29, 1.82) is 0 Å². The molecule has 1 saturated carbocycles. The average molecular weight is 328 g/mol. The molecule has 0 amide bonds. The van der Waals surface area contributed by atoms with Gasteiger partial charge in [0.15, 0.2) is 0 Å². The summed E-state index contributed by atoms with van der Waals surface area (Å²) >= 11 is 3.69. The zero-order chi connectivity index (χ0) is 14.0. The summed E-state index contributed by atoms with van der Waals surface area (Å²) in [6.45, 7) is 8.88. The van der Waals surface area contributed by atoms with Crippen molar-refractivity contribution in [3.8, 4) is 0 Å². The smallest absolute Gasteiger partial charge is 0.0739 e. The van der Waals surface area contributed by atoms with E-state index >= 15 is 0 Å². The third kappa shape index (κ3) is 3.60. The molecule has 1 heterocycles. The van der Waals surface area contributed by atoms with Gasteiger partial charge in [0.25, 0.3) is 0 Å². The molecule has 1 aliphatic rings. The number of hydrogen-bond donors (Lipinski definition) is 0. The van der Waals surface area contributed by atoms with Crippen LogP contribution in [0.1, 0.15) is 50.9 Å². The summed E-state index contributed by atoms with van der Waals surface area (Å²) in [5, 5.41) is 4.51. The lowest BCUT2D eigenvalue weighted by Gasteiger charge is -2.30. The van der Waals surface area contributed by atoms with E-state index in [1.54, 1.807) is 0 Å². The molecule has 0 atom stereocenters. The fourth-order valence-electron chi connectivity index (χ4n) is 3.13. The normalized spacial score (nSPS) is 17.0. The van der Waals surface area contributed by atoms with Crippen LogP contribution in [0.25, 0.3) is 0 Å². The highest BCUT2D eigenvalue weighted by Crippen LogP contribution is 2.28. The van der Waals surface area contributed by atoms with Gasteiger partial charge in [-0.05, 0) is 41.6 Å². The minimum absolute atomic E-state index is 0.716. The van der Waals surface area contributed by atoms with Crippen LogP contribution in [0, 0.1) is 12.8 Å². The van der Waals surface area contributed by atoms with Gasteiger partial charge in [0, 0.05) is 26.2 Å². The van der Waals surface area contributed by atoms with E-state index < -0.39 is 0 Å². The molecule has 4 heteroatoms. The van der Waals surface area contributed by atoms with E-state index in [0.717, 1.165) is 18.3 Å². The van der Waals surface area contributed by atoms with E-state index in [-0.39, 0.29) is 0 Å². The molecule has 0 spiro atoms. The van der Waals surface area contributed by atoms with E-state index in [1.807, 2.05) is 4.68 Å². The second-order valence-corrected chi connectivity index (χ2v) is 7.02. The van der Waals surface area contributed by atoms with Gasteiger partial charge >= 0.3 is 0 Å². The van der Waals surface area contributed by atoms with Gasteiger partial charge in [-0.2, -0.15) is 5.10 Å². The van der Waals surface area contributed by atoms with Crippen molar-refractivity contribution < 1.29 is 0 Å². The van der Waals surface area contributed by atoms with Gasteiger partial charge in [-0.15, -0.1) is 0 Å². The van der Waals surface area contributed by atoms with Crippen molar-refractivity contribution in [3.05, 3.63) is 15.9 Å². The van der Waals surface area contributed by atoms with Crippen LogP contribution in [0.4, 0.5) is 0 Å². The van der Waals surface area contributed by atoms with Crippen molar-refractivity contribution in [2.45, 2.75) is 59.0 Å². The fourth-order valence-corrected chi connectivity index (χ4v) is 3.59. The van der Waals surface area contributed by atoms with Crippen LogP contribution >= 0.6 is 15.9 Å². The molecule has 108 valence electrons. The Hall–Kier alpha value is -0.350. The van der Waals surface area contributed by atoms with Crippen LogP contribution in [-0.4, -0.2) is 27.3 Å². The lowest BCUT2D eigenvalue weighted by atomic mass is 10.1. The maximum atomic E-state index is 4.51. The first kappa shape index (κ1) is 15.0. The van der Waals surface area contributed by atoms with Gasteiger partial charge in [-0.1, -0.05) is 26.7 Å². The molecule has 19 heavy (non-hydrogen) atoms. The van der Waals surface area contributed by atoms with Crippen LogP contribution in [0.3, 0.4) is 0 Å². The lowest BCUT2D eigenvalue weighted by Crippen LogP contribution is -2.36. The number of aryl methyl sites for hydroxylation is 2. The summed E-state index contributed by atoms with van der Waals surface area (Å²) in [6, 6.07) is 0.768. The lowest BCUT2D eigenvalue weighted by molar-refractivity contribution is 0.164. The highest BCUT2D eigenvalue weighted by Gasteiger charge is 2.25. The fraction of sp³-hybridized carbons (Fsp3) is 0.800. The number of aromatic nitrogens is 2. The van der Waals surface area contributed by atoms with E-state index in [1.165, 1.54) is 42.4 Å². The van der Waals surface area contributed by atoms with Crippen LogP contribution in [0.15, 0.2) is 4.47 Å². The quantitative estimate of drug-likeness (QED) is 0.818. The van der Waals surface area contributed by atoms with Crippen LogP contribution in [0.2, 0.25) is 0 Å². The minimum atomic E-state index is 0.716. The van der Waals surface area contributed by atoms with Crippen molar-refractivity contribution >= 4 is 15.9 Å². The molecule has 0 aromatic carbocycles. The Morgan fingerprint density at radius 3 is 2.47 bits per heavy atom. The monoisotopic (exact) mass is 327 g/mol. The third-order valence-corrected chi connectivity index (χ3v) is 5.09. The molecule has 1 aromatic rings. The van der Waals surface area contributed by atoms with Gasteiger partial charge in [-0.25, -0.2) is 0 Å². The first-order chi connectivity index (χ1) is 8.99. The Morgan fingerprint density at radius 2 is 2.00 bits per heavy atom. The summed E-state index contributed by atoms with van der Waals surface area (Å²) in [5.41, 5.74) is 2.40. The van der Waals surface area contributed by atoms with Gasteiger partial charge < -0.3 is 0 Å². The van der Waals surface area contributed by atoms with Gasteiger partial charge in [0.05, 0.1) is 15.9 Å². The first-order valence-electron chi connectivity index (χ1n) is 7.41. The van der Waals surface area contributed by atoms with E-state index in [9.17, 15) is 0 Å². The minimum Gasteiger partial charge on any atom is -0.294 e. The van der Waals surface area contributed by atoms with Crippen molar-refractivity contribution in [3.63, 3.8) is 0 Å². The van der Waals surface area contributed by atoms with E-state index in [0.29, 0.717) is 5.92 Å².